The number of ether oxygens (including phenoxy) is 4. The van der Waals surface area contributed by atoms with Crippen molar-refractivity contribution in [3.8, 4) is 22.6 Å². The summed E-state index contributed by atoms with van der Waals surface area (Å²) in [6.07, 6.45) is 1.63. The van der Waals surface area contributed by atoms with Gasteiger partial charge >= 0.3 is 12.1 Å². The van der Waals surface area contributed by atoms with Crippen molar-refractivity contribution in [1.29, 1.82) is 0 Å². The highest BCUT2D eigenvalue weighted by Gasteiger charge is 2.36. The second-order valence-corrected chi connectivity index (χ2v) is 11.6. The van der Waals surface area contributed by atoms with Crippen molar-refractivity contribution in [2.45, 2.75) is 70.5 Å². The van der Waals surface area contributed by atoms with E-state index in [0.29, 0.717) is 29.9 Å². The first-order valence-electron chi connectivity index (χ1n) is 15.9. The van der Waals surface area contributed by atoms with Gasteiger partial charge in [0, 0.05) is 17.5 Å². The number of alkyl carbamates (subject to hydrolysis) is 1. The van der Waals surface area contributed by atoms with Crippen LogP contribution in [0.1, 0.15) is 68.6 Å². The molecule has 0 aromatic heterocycles. The second kappa shape index (κ2) is 16.6. The van der Waals surface area contributed by atoms with E-state index in [1.165, 1.54) is 33.2 Å². The molecule has 0 saturated carbocycles. The molecule has 0 unspecified atom stereocenters. The van der Waals surface area contributed by atoms with Gasteiger partial charge in [0.2, 0.25) is 5.91 Å². The molecule has 2 amide bonds. The van der Waals surface area contributed by atoms with Crippen molar-refractivity contribution in [2.24, 2.45) is 0 Å². The Morgan fingerprint density at radius 3 is 2.11 bits per heavy atom. The second-order valence-electron chi connectivity index (χ2n) is 11.6. The van der Waals surface area contributed by atoms with Crippen LogP contribution in [0.3, 0.4) is 0 Å². The van der Waals surface area contributed by atoms with Crippen molar-refractivity contribution in [3.63, 3.8) is 0 Å². The van der Waals surface area contributed by atoms with Crippen molar-refractivity contribution >= 4 is 23.8 Å². The zero-order chi connectivity index (χ0) is 33.9. The minimum atomic E-state index is -1.35. The molecule has 10 heteroatoms. The number of unbranched alkanes of at least 4 members (excludes halogenated alkanes) is 2. The molecule has 0 radical (unpaired) electrons. The van der Waals surface area contributed by atoms with Crippen LogP contribution in [0.25, 0.3) is 11.1 Å². The SMILES string of the molecule is CCCCC[C@@H](C(C)=O)N(Cc1ccc(OC)cc1OC)C(=O)[C@H](CC(=O)OC)NC(=O)OCC1c2ccccc2-c2ccccc21. The number of esters is 1. The van der Waals surface area contributed by atoms with Crippen LogP contribution in [0.5, 0.6) is 11.5 Å². The maximum absolute atomic E-state index is 14.4. The summed E-state index contributed by atoms with van der Waals surface area (Å²) < 4.78 is 21.5. The summed E-state index contributed by atoms with van der Waals surface area (Å²) in [6, 6.07) is 19.0. The molecule has 3 aromatic rings. The van der Waals surface area contributed by atoms with Gasteiger partial charge < -0.3 is 29.2 Å². The minimum absolute atomic E-state index is 0.00752. The zero-order valence-corrected chi connectivity index (χ0v) is 27.7. The molecule has 4 rings (SSSR count). The van der Waals surface area contributed by atoms with Crippen molar-refractivity contribution < 1.29 is 38.1 Å². The lowest BCUT2D eigenvalue weighted by atomic mass is 9.98. The average molecular weight is 645 g/mol. The third-order valence-electron chi connectivity index (χ3n) is 8.58. The molecule has 0 bridgehead atoms. The van der Waals surface area contributed by atoms with Crippen LogP contribution >= 0.6 is 0 Å². The number of Topliss-reactive ketones (excluding diaryl/α,β-unsaturated/α-hetero) is 1. The number of ketones is 1. The van der Waals surface area contributed by atoms with E-state index in [1.807, 2.05) is 48.5 Å². The lowest BCUT2D eigenvalue weighted by Crippen LogP contribution is -2.54. The molecular weight excluding hydrogens is 600 g/mol. The van der Waals surface area contributed by atoms with E-state index in [1.54, 1.807) is 18.2 Å². The number of fused-ring (bicyclic) bond motifs is 3. The topological polar surface area (TPSA) is 120 Å². The number of carbonyl (C=O) groups is 4. The number of amides is 2. The lowest BCUT2D eigenvalue weighted by molar-refractivity contribution is -0.147. The highest BCUT2D eigenvalue weighted by atomic mass is 16.5. The molecule has 1 aliphatic rings. The van der Waals surface area contributed by atoms with Crippen molar-refractivity contribution in [1.82, 2.24) is 10.2 Å². The number of carbonyl (C=O) groups excluding carboxylic acids is 4. The number of benzene rings is 3. The average Bonchev–Trinajstić information content (AvgIpc) is 3.41. The first-order valence-corrected chi connectivity index (χ1v) is 15.9. The Bertz CT molecular complexity index is 1530. The summed E-state index contributed by atoms with van der Waals surface area (Å²) in [5.74, 6) is -0.683. The third kappa shape index (κ3) is 8.49. The van der Waals surface area contributed by atoms with Crippen LogP contribution < -0.4 is 14.8 Å². The van der Waals surface area contributed by atoms with Crippen LogP contribution in [0.15, 0.2) is 66.7 Å². The van der Waals surface area contributed by atoms with Crippen LogP contribution in [-0.2, 0) is 30.4 Å². The predicted octanol–water partition coefficient (Wildman–Crippen LogP) is 6.04. The Kier molecular flexibility index (Phi) is 12.4. The molecule has 0 saturated heterocycles. The number of nitrogens with zero attached hydrogens (tertiary/aromatic N) is 1. The summed E-state index contributed by atoms with van der Waals surface area (Å²) in [4.78, 5) is 54.7. The molecule has 47 heavy (non-hydrogen) atoms. The molecule has 0 spiro atoms. The molecule has 0 heterocycles. The molecule has 1 N–H and O–H groups in total. The smallest absolute Gasteiger partial charge is 0.407 e. The van der Waals surface area contributed by atoms with Gasteiger partial charge in [-0.3, -0.25) is 14.4 Å². The lowest BCUT2D eigenvalue weighted by Gasteiger charge is -2.34. The molecular formula is C37H44N2O8. The van der Waals surface area contributed by atoms with E-state index in [9.17, 15) is 19.2 Å². The standard InChI is InChI=1S/C37H44N2O8/c1-6-7-8-17-33(24(2)40)39(22-25-18-19-26(44-3)20-34(25)45-4)36(42)32(21-35(41)46-5)38-37(43)47-23-31-29-15-11-9-13-27(29)28-14-10-12-16-30(28)31/h9-16,18-20,31-33H,6-8,17,21-23H2,1-5H3,(H,38,43)/t32-,33-/m0/s1. The summed E-state index contributed by atoms with van der Waals surface area (Å²) in [5.41, 5.74) is 4.87. The third-order valence-corrected chi connectivity index (χ3v) is 8.58. The fourth-order valence-electron chi connectivity index (χ4n) is 6.11. The first-order chi connectivity index (χ1) is 22.7. The van der Waals surface area contributed by atoms with Gasteiger partial charge in [0.25, 0.3) is 0 Å². The zero-order valence-electron chi connectivity index (χ0n) is 27.7. The molecule has 3 aromatic carbocycles. The maximum Gasteiger partial charge on any atom is 0.407 e. The van der Waals surface area contributed by atoms with Gasteiger partial charge in [-0.15, -0.1) is 0 Å². The molecule has 0 aliphatic heterocycles. The molecule has 10 nitrogen and oxygen atoms in total. The summed E-state index contributed by atoms with van der Waals surface area (Å²) in [6.45, 7) is 3.51. The van der Waals surface area contributed by atoms with Gasteiger partial charge in [-0.2, -0.15) is 0 Å². The molecule has 250 valence electrons. The van der Waals surface area contributed by atoms with Gasteiger partial charge in [-0.1, -0.05) is 74.7 Å². The van der Waals surface area contributed by atoms with Crippen LogP contribution in [0, 0.1) is 0 Å². The molecule has 1 aliphatic carbocycles. The van der Waals surface area contributed by atoms with Gasteiger partial charge in [0.1, 0.15) is 24.1 Å². The van der Waals surface area contributed by atoms with Crippen molar-refractivity contribution in [3.05, 3.63) is 83.4 Å². The Labute approximate surface area is 276 Å². The number of hydrogen-bond acceptors (Lipinski definition) is 8. The Balaban J connectivity index is 1.60. The quantitative estimate of drug-likeness (QED) is 0.148. The van der Waals surface area contributed by atoms with Crippen molar-refractivity contribution in [2.75, 3.05) is 27.9 Å². The fraction of sp³-hybridized carbons (Fsp3) is 0.405. The van der Waals surface area contributed by atoms with E-state index in [4.69, 9.17) is 18.9 Å². The number of hydrogen-bond donors (Lipinski definition) is 1. The molecule has 2 atom stereocenters. The Morgan fingerprint density at radius 1 is 0.872 bits per heavy atom. The number of methoxy groups -OCH3 is 3. The fourth-order valence-corrected chi connectivity index (χ4v) is 6.11. The van der Waals surface area contributed by atoms with Gasteiger partial charge in [0.05, 0.1) is 40.3 Å². The largest absolute Gasteiger partial charge is 0.497 e. The highest BCUT2D eigenvalue weighted by molar-refractivity contribution is 5.93. The summed E-state index contributed by atoms with van der Waals surface area (Å²) in [5, 5.41) is 2.61. The monoisotopic (exact) mass is 644 g/mol. The Morgan fingerprint density at radius 2 is 1.53 bits per heavy atom. The number of rotatable bonds is 16. The van der Waals surface area contributed by atoms with Gasteiger partial charge in [0.15, 0.2) is 5.78 Å². The van der Waals surface area contributed by atoms with Crippen LogP contribution in [0.4, 0.5) is 4.79 Å². The van der Waals surface area contributed by atoms with E-state index < -0.39 is 36.5 Å². The first kappa shape index (κ1) is 35.0. The van der Waals surface area contributed by atoms with Crippen LogP contribution in [-0.4, -0.2) is 68.7 Å². The van der Waals surface area contributed by atoms with Gasteiger partial charge in [-0.05, 0) is 47.7 Å². The summed E-state index contributed by atoms with van der Waals surface area (Å²) >= 11 is 0. The van der Waals surface area contributed by atoms with Crippen LogP contribution in [0.2, 0.25) is 0 Å². The molecule has 0 fully saturated rings. The van der Waals surface area contributed by atoms with E-state index in [-0.39, 0.29) is 24.9 Å². The van der Waals surface area contributed by atoms with Gasteiger partial charge in [-0.25, -0.2) is 4.79 Å². The predicted molar refractivity (Wildman–Crippen MR) is 177 cm³/mol. The summed E-state index contributed by atoms with van der Waals surface area (Å²) in [7, 11) is 4.25. The normalized spacial score (nSPS) is 13.0. The maximum atomic E-state index is 14.4. The highest BCUT2D eigenvalue weighted by Crippen LogP contribution is 2.44. The van der Waals surface area contributed by atoms with E-state index in [0.717, 1.165) is 35.1 Å². The van der Waals surface area contributed by atoms with E-state index in [2.05, 4.69) is 12.2 Å². The minimum Gasteiger partial charge on any atom is -0.497 e. The van der Waals surface area contributed by atoms with E-state index >= 15 is 0 Å². The Hall–Kier alpha value is -4.86. The number of nitrogens with one attached hydrogen (secondary N) is 1.